The molecular formula is C16H12Cl3N5O3. The molecule has 0 fully saturated rings. The molecule has 2 heterocycles. The highest BCUT2D eigenvalue weighted by atomic mass is 35.5. The van der Waals surface area contributed by atoms with Gasteiger partial charge in [-0.3, -0.25) is 9.48 Å². The number of hydrogen-bond donors (Lipinski definition) is 2. The molecule has 0 saturated heterocycles. The number of aromatic carboxylic acids is 1. The maximum absolute atomic E-state index is 12.2. The first kappa shape index (κ1) is 19.2. The second kappa shape index (κ2) is 7.99. The number of nitrogens with one attached hydrogen (secondary N) is 1. The van der Waals surface area contributed by atoms with Crippen LogP contribution in [0.25, 0.3) is 0 Å². The normalized spacial score (nSPS) is 10.8. The largest absolute Gasteiger partial charge is 0.477 e. The van der Waals surface area contributed by atoms with Gasteiger partial charge in [-0.2, -0.15) is 10.2 Å². The van der Waals surface area contributed by atoms with E-state index in [-0.39, 0.29) is 29.6 Å². The van der Waals surface area contributed by atoms with Gasteiger partial charge >= 0.3 is 5.97 Å². The molecular weight excluding hydrogens is 417 g/mol. The number of amides is 1. The summed E-state index contributed by atoms with van der Waals surface area (Å²) in [5.41, 5.74) is 0.565. The smallest absolute Gasteiger partial charge is 0.354 e. The van der Waals surface area contributed by atoms with Gasteiger partial charge in [0, 0.05) is 28.0 Å². The van der Waals surface area contributed by atoms with Crippen LogP contribution in [0.5, 0.6) is 0 Å². The van der Waals surface area contributed by atoms with Gasteiger partial charge < -0.3 is 10.4 Å². The van der Waals surface area contributed by atoms with Crippen molar-refractivity contribution in [2.24, 2.45) is 0 Å². The van der Waals surface area contributed by atoms with E-state index in [0.717, 1.165) is 4.68 Å². The van der Waals surface area contributed by atoms with Crippen molar-refractivity contribution < 1.29 is 14.7 Å². The van der Waals surface area contributed by atoms with Crippen molar-refractivity contribution in [3.05, 3.63) is 63.0 Å². The van der Waals surface area contributed by atoms with E-state index in [1.165, 1.54) is 23.1 Å². The summed E-state index contributed by atoms with van der Waals surface area (Å²) < 4.78 is 2.55. The highest BCUT2D eigenvalue weighted by molar-refractivity contribution is 6.36. The lowest BCUT2D eigenvalue weighted by Crippen LogP contribution is -2.22. The Kier molecular flexibility index (Phi) is 5.69. The average molecular weight is 429 g/mol. The zero-order valence-corrected chi connectivity index (χ0v) is 15.8. The van der Waals surface area contributed by atoms with Crippen molar-refractivity contribution >= 4 is 52.5 Å². The molecule has 0 spiro atoms. The van der Waals surface area contributed by atoms with Crippen LogP contribution in [0.15, 0.2) is 36.7 Å². The molecule has 1 aromatic carbocycles. The van der Waals surface area contributed by atoms with Crippen molar-refractivity contribution in [1.82, 2.24) is 19.6 Å². The fourth-order valence-corrected chi connectivity index (χ4v) is 3.07. The number of nitrogens with zero attached hydrogens (tertiary/aromatic N) is 4. The second-order valence-electron chi connectivity index (χ2n) is 5.45. The summed E-state index contributed by atoms with van der Waals surface area (Å²) in [6.07, 6.45) is 2.82. The number of carbonyl (C=O) groups is 2. The summed E-state index contributed by atoms with van der Waals surface area (Å²) in [7, 11) is 0. The molecule has 0 saturated carbocycles. The number of hydrogen-bond acceptors (Lipinski definition) is 4. The molecule has 2 N–H and O–H groups in total. The molecule has 2 aromatic heterocycles. The summed E-state index contributed by atoms with van der Waals surface area (Å²) in [5, 5.41) is 20.8. The molecule has 11 heteroatoms. The van der Waals surface area contributed by atoms with Crippen molar-refractivity contribution in [3.8, 4) is 0 Å². The topological polar surface area (TPSA) is 102 Å². The number of aromatic nitrogens is 4. The lowest BCUT2D eigenvalue weighted by Gasteiger charge is -2.07. The third kappa shape index (κ3) is 4.41. The Morgan fingerprint density at radius 2 is 1.81 bits per heavy atom. The van der Waals surface area contributed by atoms with Crippen LogP contribution in [0.4, 0.5) is 5.82 Å². The van der Waals surface area contributed by atoms with E-state index in [0.29, 0.717) is 15.6 Å². The SMILES string of the molecule is O=C(Cn1nccc1C(=O)O)Nc1nn(Cc2c(Cl)cccc2Cl)cc1Cl. The van der Waals surface area contributed by atoms with Gasteiger partial charge in [0.05, 0.1) is 6.54 Å². The van der Waals surface area contributed by atoms with E-state index in [4.69, 9.17) is 39.9 Å². The van der Waals surface area contributed by atoms with E-state index in [1.54, 1.807) is 18.2 Å². The van der Waals surface area contributed by atoms with Crippen LogP contribution in [0.3, 0.4) is 0 Å². The second-order valence-corrected chi connectivity index (χ2v) is 6.67. The van der Waals surface area contributed by atoms with Crippen LogP contribution in [-0.4, -0.2) is 36.5 Å². The number of halogens is 3. The van der Waals surface area contributed by atoms with Gasteiger partial charge in [-0.15, -0.1) is 0 Å². The zero-order chi connectivity index (χ0) is 19.6. The molecule has 1 amide bonds. The molecule has 0 radical (unpaired) electrons. The number of anilines is 1. The van der Waals surface area contributed by atoms with Gasteiger partial charge in [-0.25, -0.2) is 9.48 Å². The first-order chi connectivity index (χ1) is 12.8. The van der Waals surface area contributed by atoms with Gasteiger partial charge in [0.2, 0.25) is 5.91 Å². The minimum absolute atomic E-state index is 0.102. The number of carboxylic acids is 1. The Hall–Kier alpha value is -2.55. The lowest BCUT2D eigenvalue weighted by atomic mass is 10.2. The summed E-state index contributed by atoms with van der Waals surface area (Å²) >= 11 is 18.4. The number of carboxylic acid groups (broad SMARTS) is 1. The van der Waals surface area contributed by atoms with Crippen LogP contribution in [-0.2, 0) is 17.9 Å². The van der Waals surface area contributed by atoms with Crippen molar-refractivity contribution in [2.45, 2.75) is 13.1 Å². The molecule has 8 nitrogen and oxygen atoms in total. The third-order valence-corrected chi connectivity index (χ3v) is 4.57. The van der Waals surface area contributed by atoms with Gasteiger partial charge in [-0.05, 0) is 18.2 Å². The Morgan fingerprint density at radius 1 is 1.11 bits per heavy atom. The van der Waals surface area contributed by atoms with Crippen LogP contribution in [0, 0.1) is 0 Å². The molecule has 3 rings (SSSR count). The molecule has 0 aliphatic carbocycles. The highest BCUT2D eigenvalue weighted by Gasteiger charge is 2.16. The number of benzene rings is 1. The summed E-state index contributed by atoms with van der Waals surface area (Å²) in [4.78, 5) is 23.2. The first-order valence-corrected chi connectivity index (χ1v) is 8.69. The molecule has 0 aliphatic rings. The van der Waals surface area contributed by atoms with E-state index in [2.05, 4.69) is 15.5 Å². The van der Waals surface area contributed by atoms with Crippen LogP contribution in [0.1, 0.15) is 16.1 Å². The minimum atomic E-state index is -1.18. The first-order valence-electron chi connectivity index (χ1n) is 7.56. The van der Waals surface area contributed by atoms with Crippen molar-refractivity contribution in [1.29, 1.82) is 0 Å². The standard InChI is InChI=1S/C16H12Cl3N5O3/c17-10-2-1-3-11(18)9(10)6-23-7-12(19)15(22-23)21-14(25)8-24-13(16(26)27)4-5-20-24/h1-5,7H,6,8H2,(H,26,27)(H,21,22,25). The van der Waals surface area contributed by atoms with Gasteiger partial charge in [0.25, 0.3) is 0 Å². The zero-order valence-electron chi connectivity index (χ0n) is 13.6. The molecule has 140 valence electrons. The van der Waals surface area contributed by atoms with Crippen LogP contribution < -0.4 is 5.32 Å². The molecule has 3 aromatic rings. The quantitative estimate of drug-likeness (QED) is 0.626. The van der Waals surface area contributed by atoms with Gasteiger partial charge in [-0.1, -0.05) is 40.9 Å². The molecule has 0 bridgehead atoms. The fraction of sp³-hybridized carbons (Fsp3) is 0.125. The van der Waals surface area contributed by atoms with Crippen LogP contribution in [0.2, 0.25) is 15.1 Å². The Labute approximate surface area is 168 Å². The lowest BCUT2D eigenvalue weighted by molar-refractivity contribution is -0.116. The fourth-order valence-electron chi connectivity index (χ4n) is 2.36. The monoisotopic (exact) mass is 427 g/mol. The van der Waals surface area contributed by atoms with Gasteiger partial charge in [0.15, 0.2) is 5.82 Å². The van der Waals surface area contributed by atoms with E-state index < -0.39 is 11.9 Å². The Bertz CT molecular complexity index is 994. The molecule has 0 aliphatic heterocycles. The molecule has 27 heavy (non-hydrogen) atoms. The predicted molar refractivity (Wildman–Crippen MR) is 101 cm³/mol. The van der Waals surface area contributed by atoms with Crippen molar-refractivity contribution in [2.75, 3.05) is 5.32 Å². The highest BCUT2D eigenvalue weighted by Crippen LogP contribution is 2.26. The Morgan fingerprint density at radius 3 is 2.48 bits per heavy atom. The summed E-state index contributed by atoms with van der Waals surface area (Å²) in [5.74, 6) is -1.57. The van der Waals surface area contributed by atoms with E-state index in [1.807, 2.05) is 0 Å². The average Bonchev–Trinajstić information content (AvgIpc) is 3.18. The van der Waals surface area contributed by atoms with E-state index in [9.17, 15) is 9.59 Å². The molecule has 0 atom stereocenters. The van der Waals surface area contributed by atoms with Crippen LogP contribution >= 0.6 is 34.8 Å². The maximum Gasteiger partial charge on any atom is 0.354 e. The minimum Gasteiger partial charge on any atom is -0.477 e. The predicted octanol–water partition coefficient (Wildman–Crippen LogP) is 3.43. The third-order valence-electron chi connectivity index (χ3n) is 3.59. The van der Waals surface area contributed by atoms with E-state index >= 15 is 0 Å². The van der Waals surface area contributed by atoms with Gasteiger partial charge in [0.1, 0.15) is 17.3 Å². The summed E-state index contributed by atoms with van der Waals surface area (Å²) in [6.45, 7) is -0.0371. The molecule has 0 unspecified atom stereocenters. The Balaban J connectivity index is 1.72. The number of rotatable bonds is 6. The maximum atomic E-state index is 12.2. The number of carbonyl (C=O) groups excluding carboxylic acids is 1. The van der Waals surface area contributed by atoms with Crippen molar-refractivity contribution in [3.63, 3.8) is 0 Å². The summed E-state index contributed by atoms with van der Waals surface area (Å²) in [6, 6.07) is 6.45.